The minimum atomic E-state index is -4.41. The second-order valence-corrected chi connectivity index (χ2v) is 6.64. The summed E-state index contributed by atoms with van der Waals surface area (Å²) in [5.74, 6) is 0.367. The minimum absolute atomic E-state index is 0.108. The third-order valence-corrected chi connectivity index (χ3v) is 4.78. The Morgan fingerprint density at radius 1 is 1.26 bits per heavy atom. The molecule has 2 nitrogen and oxygen atoms in total. The van der Waals surface area contributed by atoms with Gasteiger partial charge in [-0.1, -0.05) is 37.9 Å². The molecule has 23 heavy (non-hydrogen) atoms. The van der Waals surface area contributed by atoms with Crippen LogP contribution in [0.1, 0.15) is 43.9 Å². The van der Waals surface area contributed by atoms with Crippen LogP contribution in [0.5, 0.6) is 0 Å². The van der Waals surface area contributed by atoms with Crippen LogP contribution < -0.4 is 5.32 Å². The Bertz CT molecular complexity index is 513. The average Bonchev–Trinajstić information content (AvgIpc) is 2.47. The predicted molar refractivity (Wildman–Crippen MR) is 87.7 cm³/mol. The van der Waals surface area contributed by atoms with E-state index >= 15 is 0 Å². The molecular formula is C17H24ClF3N2. The summed E-state index contributed by atoms with van der Waals surface area (Å²) in [6.07, 6.45) is -2.32. The van der Waals surface area contributed by atoms with Crippen LogP contribution in [-0.2, 0) is 6.18 Å². The number of halogens is 4. The zero-order valence-corrected chi connectivity index (χ0v) is 14.3. The van der Waals surface area contributed by atoms with Crippen molar-refractivity contribution in [2.45, 2.75) is 38.9 Å². The van der Waals surface area contributed by atoms with E-state index in [4.69, 9.17) is 11.6 Å². The van der Waals surface area contributed by atoms with E-state index in [-0.39, 0.29) is 11.1 Å². The normalized spacial score (nSPS) is 19.6. The number of alkyl halides is 3. The molecule has 1 aliphatic rings. The third kappa shape index (κ3) is 4.61. The lowest BCUT2D eigenvalue weighted by Gasteiger charge is -2.39. The maximum absolute atomic E-state index is 12.9. The molecule has 0 bridgehead atoms. The Balaban J connectivity index is 2.32. The van der Waals surface area contributed by atoms with E-state index in [1.807, 2.05) is 0 Å². The highest BCUT2D eigenvalue weighted by Crippen LogP contribution is 2.38. The largest absolute Gasteiger partial charge is 0.417 e. The summed E-state index contributed by atoms with van der Waals surface area (Å²) in [6, 6.07) is 4.32. The Kier molecular flexibility index (Phi) is 6.34. The molecule has 0 amide bonds. The molecule has 1 aliphatic heterocycles. The van der Waals surface area contributed by atoms with Gasteiger partial charge in [0.15, 0.2) is 0 Å². The summed E-state index contributed by atoms with van der Waals surface area (Å²) in [5, 5.41) is 3.11. The predicted octanol–water partition coefficient (Wildman–Crippen LogP) is 4.74. The maximum Gasteiger partial charge on any atom is 0.417 e. The van der Waals surface area contributed by atoms with Crippen LogP contribution in [0.2, 0.25) is 5.02 Å². The summed E-state index contributed by atoms with van der Waals surface area (Å²) in [5.41, 5.74) is 0.121. The fraction of sp³-hybridized carbons (Fsp3) is 0.647. The van der Waals surface area contributed by atoms with Crippen LogP contribution >= 0.6 is 11.6 Å². The molecule has 1 fully saturated rings. The van der Waals surface area contributed by atoms with Crippen molar-refractivity contribution in [2.24, 2.45) is 5.92 Å². The van der Waals surface area contributed by atoms with Gasteiger partial charge in [-0.2, -0.15) is 13.2 Å². The fourth-order valence-corrected chi connectivity index (χ4v) is 3.71. The lowest BCUT2D eigenvalue weighted by atomic mass is 9.88. The third-order valence-electron chi connectivity index (χ3n) is 4.47. The monoisotopic (exact) mass is 348 g/mol. The lowest BCUT2D eigenvalue weighted by molar-refractivity contribution is -0.137. The van der Waals surface area contributed by atoms with Gasteiger partial charge in [0.2, 0.25) is 0 Å². The molecule has 0 saturated carbocycles. The van der Waals surface area contributed by atoms with Crippen molar-refractivity contribution in [3.8, 4) is 0 Å². The quantitative estimate of drug-likeness (QED) is 0.826. The van der Waals surface area contributed by atoms with Crippen molar-refractivity contribution in [3.63, 3.8) is 0 Å². The van der Waals surface area contributed by atoms with Crippen molar-refractivity contribution in [3.05, 3.63) is 34.3 Å². The molecule has 0 radical (unpaired) electrons. The van der Waals surface area contributed by atoms with E-state index in [0.29, 0.717) is 5.92 Å². The highest BCUT2D eigenvalue weighted by Gasteiger charge is 2.34. The molecule has 1 aromatic rings. The first-order chi connectivity index (χ1) is 10.8. The van der Waals surface area contributed by atoms with Gasteiger partial charge < -0.3 is 5.32 Å². The van der Waals surface area contributed by atoms with Gasteiger partial charge in [-0.25, -0.2) is 0 Å². The van der Waals surface area contributed by atoms with E-state index in [9.17, 15) is 13.2 Å². The first kappa shape index (κ1) is 18.6. The van der Waals surface area contributed by atoms with Crippen LogP contribution in [0.3, 0.4) is 0 Å². The molecule has 2 rings (SSSR count). The minimum Gasteiger partial charge on any atom is -0.314 e. The first-order valence-corrected chi connectivity index (χ1v) is 8.53. The molecule has 0 spiro atoms. The fourth-order valence-electron chi connectivity index (χ4n) is 3.42. The zero-order valence-electron chi connectivity index (χ0n) is 13.6. The van der Waals surface area contributed by atoms with Crippen LogP contribution in [0, 0.1) is 5.92 Å². The highest BCUT2D eigenvalue weighted by molar-refractivity contribution is 6.31. The molecule has 0 aliphatic carbocycles. The standard InChI is InChI=1S/C17H24ClF3N2/c1-3-4-12(2)16(23-9-7-22-8-10-23)13-5-6-14(15(18)11-13)17(19,20)21/h5-6,11-12,16,22H,3-4,7-10H2,1-2H3/t12?,16-/m0/s1. The maximum atomic E-state index is 12.9. The summed E-state index contributed by atoms with van der Waals surface area (Å²) in [4.78, 5) is 2.36. The van der Waals surface area contributed by atoms with Crippen LogP contribution in [0.25, 0.3) is 0 Å². The molecule has 1 aromatic carbocycles. The SMILES string of the molecule is CCCC(C)[C@@H](c1ccc(C(F)(F)F)c(Cl)c1)N1CCNCC1. The van der Waals surface area contributed by atoms with Crippen molar-refractivity contribution in [1.82, 2.24) is 10.2 Å². The van der Waals surface area contributed by atoms with E-state index < -0.39 is 11.7 Å². The summed E-state index contributed by atoms with van der Waals surface area (Å²) >= 11 is 5.93. The van der Waals surface area contributed by atoms with Gasteiger partial charge >= 0.3 is 6.18 Å². The van der Waals surface area contributed by atoms with Gasteiger partial charge in [-0.05, 0) is 30.0 Å². The zero-order chi connectivity index (χ0) is 17.0. The number of rotatable bonds is 5. The molecule has 2 atom stereocenters. The van der Waals surface area contributed by atoms with Gasteiger partial charge in [0, 0.05) is 32.2 Å². The molecule has 0 aromatic heterocycles. The number of nitrogens with one attached hydrogen (secondary N) is 1. The summed E-state index contributed by atoms with van der Waals surface area (Å²) in [7, 11) is 0. The van der Waals surface area contributed by atoms with E-state index in [1.165, 1.54) is 6.07 Å². The number of benzene rings is 1. The number of nitrogens with zero attached hydrogens (tertiary/aromatic N) is 1. The Labute approximate surface area is 141 Å². The second kappa shape index (κ2) is 7.86. The molecule has 1 unspecified atom stereocenters. The average molecular weight is 349 g/mol. The Morgan fingerprint density at radius 3 is 2.43 bits per heavy atom. The van der Waals surface area contributed by atoms with Crippen molar-refractivity contribution < 1.29 is 13.2 Å². The van der Waals surface area contributed by atoms with Crippen molar-refractivity contribution in [2.75, 3.05) is 26.2 Å². The molecule has 130 valence electrons. The van der Waals surface area contributed by atoms with E-state index in [1.54, 1.807) is 6.07 Å². The molecular weight excluding hydrogens is 325 g/mol. The summed E-state index contributed by atoms with van der Waals surface area (Å²) in [6.45, 7) is 7.91. The van der Waals surface area contributed by atoms with E-state index in [0.717, 1.165) is 50.7 Å². The van der Waals surface area contributed by atoms with Crippen LogP contribution in [-0.4, -0.2) is 31.1 Å². The Morgan fingerprint density at radius 2 is 1.91 bits per heavy atom. The molecule has 1 saturated heterocycles. The topological polar surface area (TPSA) is 15.3 Å². The van der Waals surface area contributed by atoms with Crippen molar-refractivity contribution >= 4 is 11.6 Å². The first-order valence-electron chi connectivity index (χ1n) is 8.16. The smallest absolute Gasteiger partial charge is 0.314 e. The van der Waals surface area contributed by atoms with Gasteiger partial charge in [0.25, 0.3) is 0 Å². The number of hydrogen-bond donors (Lipinski definition) is 1. The molecule has 6 heteroatoms. The van der Waals surface area contributed by atoms with Crippen LogP contribution in [0.15, 0.2) is 18.2 Å². The second-order valence-electron chi connectivity index (χ2n) is 6.23. The van der Waals surface area contributed by atoms with Crippen LogP contribution in [0.4, 0.5) is 13.2 Å². The number of piperazine rings is 1. The van der Waals surface area contributed by atoms with Gasteiger partial charge in [0.1, 0.15) is 0 Å². The lowest BCUT2D eigenvalue weighted by Crippen LogP contribution is -2.46. The van der Waals surface area contributed by atoms with Gasteiger partial charge in [-0.15, -0.1) is 0 Å². The van der Waals surface area contributed by atoms with E-state index in [2.05, 4.69) is 24.1 Å². The Hall–Kier alpha value is -0.780. The highest BCUT2D eigenvalue weighted by atomic mass is 35.5. The van der Waals surface area contributed by atoms with Gasteiger partial charge in [-0.3, -0.25) is 4.90 Å². The molecule has 1 heterocycles. The van der Waals surface area contributed by atoms with Gasteiger partial charge in [0.05, 0.1) is 10.6 Å². The summed E-state index contributed by atoms with van der Waals surface area (Å²) < 4.78 is 38.7. The molecule has 1 N–H and O–H groups in total. The van der Waals surface area contributed by atoms with Crippen molar-refractivity contribution in [1.29, 1.82) is 0 Å². The number of hydrogen-bond acceptors (Lipinski definition) is 2.